The molecule has 23 heavy (non-hydrogen) atoms. The minimum atomic E-state index is -1.03. The summed E-state index contributed by atoms with van der Waals surface area (Å²) in [6.45, 7) is 1.91. The predicted octanol–water partition coefficient (Wildman–Crippen LogP) is 1.58. The summed E-state index contributed by atoms with van der Waals surface area (Å²) in [5, 5.41) is 7.27. The Morgan fingerprint density at radius 2 is 2.13 bits per heavy atom. The average molecular weight is 307 g/mol. The molecular formula is C16H13N5O2. The van der Waals surface area contributed by atoms with Crippen LogP contribution < -0.4 is 10.6 Å². The highest BCUT2D eigenvalue weighted by atomic mass is 16.4. The van der Waals surface area contributed by atoms with E-state index in [1.165, 1.54) is 0 Å². The van der Waals surface area contributed by atoms with E-state index in [9.17, 15) is 4.79 Å². The number of carbonyl (C=O) groups is 1. The number of nitrogens with one attached hydrogen (secondary N) is 1. The number of nitrogens with zero attached hydrogens (tertiary/aromatic N) is 3. The molecule has 1 spiro atoms. The molecule has 5 rings (SSSR count). The van der Waals surface area contributed by atoms with E-state index in [0.717, 1.165) is 22.4 Å². The number of H-pyrrole nitrogens is 1. The third-order valence-electron chi connectivity index (χ3n) is 4.82. The van der Waals surface area contributed by atoms with Crippen molar-refractivity contribution in [2.45, 2.75) is 12.3 Å². The van der Waals surface area contributed by atoms with Gasteiger partial charge in [0, 0.05) is 23.9 Å². The van der Waals surface area contributed by atoms with Gasteiger partial charge in [-0.15, -0.1) is 0 Å². The normalized spacial score (nSPS) is 21.0. The second-order valence-electron chi connectivity index (χ2n) is 5.94. The van der Waals surface area contributed by atoms with Gasteiger partial charge in [0.15, 0.2) is 17.0 Å². The summed E-state index contributed by atoms with van der Waals surface area (Å²) in [6, 6.07) is 7.75. The summed E-state index contributed by atoms with van der Waals surface area (Å²) in [7, 11) is 1.72. The van der Waals surface area contributed by atoms with E-state index in [-0.39, 0.29) is 11.9 Å². The molecule has 0 bridgehead atoms. The van der Waals surface area contributed by atoms with E-state index in [0.29, 0.717) is 17.3 Å². The van der Waals surface area contributed by atoms with E-state index >= 15 is 0 Å². The summed E-state index contributed by atoms with van der Waals surface area (Å²) in [6.07, 6.45) is 0. The SMILES string of the molecule is Cc1[nH]nc2c1[C@@]1(C(=O)N2C)c2ccccc2-c2oc(N)nc21. The van der Waals surface area contributed by atoms with Crippen LogP contribution >= 0.6 is 0 Å². The summed E-state index contributed by atoms with van der Waals surface area (Å²) in [5.41, 5.74) is 8.67. The molecule has 7 heteroatoms. The Labute approximate surface area is 131 Å². The molecule has 3 heterocycles. The number of amides is 1. The van der Waals surface area contributed by atoms with Gasteiger partial charge in [-0.25, -0.2) is 0 Å². The molecule has 2 aliphatic rings. The highest BCUT2D eigenvalue weighted by Gasteiger charge is 2.62. The van der Waals surface area contributed by atoms with Crippen LogP contribution in [0.1, 0.15) is 22.5 Å². The number of carbonyl (C=O) groups excluding carboxylic acids is 1. The van der Waals surface area contributed by atoms with Crippen LogP contribution in [0.15, 0.2) is 28.7 Å². The minimum absolute atomic E-state index is 0.0638. The van der Waals surface area contributed by atoms with Gasteiger partial charge in [0.05, 0.1) is 0 Å². The molecular weight excluding hydrogens is 294 g/mol. The number of benzene rings is 1. The van der Waals surface area contributed by atoms with Crippen LogP contribution in [0.3, 0.4) is 0 Å². The molecule has 1 amide bonds. The summed E-state index contributed by atoms with van der Waals surface area (Å²) >= 11 is 0. The van der Waals surface area contributed by atoms with Crippen LogP contribution in [0.4, 0.5) is 11.8 Å². The van der Waals surface area contributed by atoms with Crippen LogP contribution in [0.5, 0.6) is 0 Å². The molecule has 3 aromatic rings. The van der Waals surface area contributed by atoms with Gasteiger partial charge in [-0.2, -0.15) is 10.1 Å². The van der Waals surface area contributed by atoms with Crippen LogP contribution in [-0.4, -0.2) is 28.1 Å². The van der Waals surface area contributed by atoms with Crippen molar-refractivity contribution in [3.8, 4) is 11.3 Å². The van der Waals surface area contributed by atoms with Gasteiger partial charge in [0.2, 0.25) is 5.91 Å². The lowest BCUT2D eigenvalue weighted by atomic mass is 9.75. The number of fused-ring (bicyclic) bond motifs is 7. The molecule has 0 saturated carbocycles. The maximum absolute atomic E-state index is 13.3. The van der Waals surface area contributed by atoms with Crippen LogP contribution in [0.2, 0.25) is 0 Å². The monoisotopic (exact) mass is 307 g/mol. The van der Waals surface area contributed by atoms with Crippen LogP contribution in [0.25, 0.3) is 11.3 Å². The molecule has 0 fully saturated rings. The second kappa shape index (κ2) is 3.62. The van der Waals surface area contributed by atoms with Crippen molar-refractivity contribution in [3.05, 3.63) is 46.8 Å². The number of aromatic amines is 1. The summed E-state index contributed by atoms with van der Waals surface area (Å²) in [4.78, 5) is 19.2. The van der Waals surface area contributed by atoms with Gasteiger partial charge >= 0.3 is 0 Å². The van der Waals surface area contributed by atoms with Gasteiger partial charge in [0.25, 0.3) is 6.01 Å². The fraction of sp³-hybridized carbons (Fsp3) is 0.188. The fourth-order valence-electron chi connectivity index (χ4n) is 3.94. The predicted molar refractivity (Wildman–Crippen MR) is 83.0 cm³/mol. The average Bonchev–Trinajstić information content (AvgIpc) is 3.22. The number of aromatic nitrogens is 3. The lowest BCUT2D eigenvalue weighted by Gasteiger charge is -2.24. The van der Waals surface area contributed by atoms with Gasteiger partial charge in [0.1, 0.15) is 5.69 Å². The Morgan fingerprint density at radius 3 is 2.96 bits per heavy atom. The zero-order valence-corrected chi connectivity index (χ0v) is 12.5. The molecule has 2 aromatic heterocycles. The number of nitrogens with two attached hydrogens (primary N) is 1. The first-order valence-electron chi connectivity index (χ1n) is 7.27. The van der Waals surface area contributed by atoms with E-state index in [1.807, 2.05) is 31.2 Å². The molecule has 3 N–H and O–H groups in total. The molecule has 1 atom stereocenters. The first-order valence-corrected chi connectivity index (χ1v) is 7.27. The van der Waals surface area contributed by atoms with Gasteiger partial charge < -0.3 is 10.2 Å². The number of aryl methyl sites for hydroxylation is 1. The van der Waals surface area contributed by atoms with E-state index in [4.69, 9.17) is 10.2 Å². The summed E-state index contributed by atoms with van der Waals surface area (Å²) < 4.78 is 5.62. The van der Waals surface area contributed by atoms with Crippen molar-refractivity contribution in [3.63, 3.8) is 0 Å². The minimum Gasteiger partial charge on any atom is -0.423 e. The number of nitrogen functional groups attached to an aromatic ring is 1. The Balaban J connectivity index is 2.00. The smallest absolute Gasteiger partial charge is 0.292 e. The molecule has 0 radical (unpaired) electrons. The maximum Gasteiger partial charge on any atom is 0.292 e. The van der Waals surface area contributed by atoms with Gasteiger partial charge in [-0.3, -0.25) is 14.8 Å². The third kappa shape index (κ3) is 1.14. The van der Waals surface area contributed by atoms with Gasteiger partial charge in [-0.05, 0) is 12.5 Å². The van der Waals surface area contributed by atoms with E-state index in [2.05, 4.69) is 15.2 Å². The number of likely N-dealkylation sites (N-methyl/N-ethyl adjacent to an activating group) is 1. The molecule has 7 nitrogen and oxygen atoms in total. The highest BCUT2D eigenvalue weighted by Crippen LogP contribution is 2.58. The van der Waals surface area contributed by atoms with Gasteiger partial charge in [-0.1, -0.05) is 24.3 Å². The Bertz CT molecular complexity index is 1000. The number of hydrogen-bond donors (Lipinski definition) is 2. The first kappa shape index (κ1) is 12.5. The molecule has 1 aliphatic heterocycles. The molecule has 0 unspecified atom stereocenters. The standard InChI is InChI=1S/C16H13N5O2/c1-7-10-13(20-19-7)21(2)14(22)16(10)9-6-4-3-5-8(9)11-12(16)18-15(17)23-11/h3-6H,1-2H3,(H2,17,18)(H,19,20)/t16-/m0/s1. The second-order valence-corrected chi connectivity index (χ2v) is 5.94. The molecule has 1 aliphatic carbocycles. The number of oxazole rings is 1. The Hall–Kier alpha value is -3.09. The van der Waals surface area contributed by atoms with Crippen molar-refractivity contribution in [1.29, 1.82) is 0 Å². The quantitative estimate of drug-likeness (QED) is 0.656. The Kier molecular flexibility index (Phi) is 1.96. The lowest BCUT2D eigenvalue weighted by molar-refractivity contribution is -0.120. The third-order valence-corrected chi connectivity index (χ3v) is 4.82. The number of rotatable bonds is 0. The fourth-order valence-corrected chi connectivity index (χ4v) is 3.94. The topological polar surface area (TPSA) is 101 Å². The molecule has 0 saturated heterocycles. The van der Waals surface area contributed by atoms with E-state index in [1.54, 1.807) is 11.9 Å². The van der Waals surface area contributed by atoms with Crippen LogP contribution in [0, 0.1) is 6.92 Å². The van der Waals surface area contributed by atoms with Crippen molar-refractivity contribution < 1.29 is 9.21 Å². The lowest BCUT2D eigenvalue weighted by Crippen LogP contribution is -2.40. The van der Waals surface area contributed by atoms with Crippen molar-refractivity contribution in [2.75, 3.05) is 17.7 Å². The Morgan fingerprint density at radius 1 is 1.35 bits per heavy atom. The summed E-state index contributed by atoms with van der Waals surface area (Å²) in [5.74, 6) is 1.09. The maximum atomic E-state index is 13.3. The van der Waals surface area contributed by atoms with Crippen LogP contribution in [-0.2, 0) is 10.2 Å². The van der Waals surface area contributed by atoms with Crippen molar-refractivity contribution in [1.82, 2.24) is 15.2 Å². The largest absolute Gasteiger partial charge is 0.423 e. The highest BCUT2D eigenvalue weighted by molar-refractivity contribution is 6.15. The van der Waals surface area contributed by atoms with E-state index < -0.39 is 5.41 Å². The number of anilines is 2. The van der Waals surface area contributed by atoms with Crippen molar-refractivity contribution in [2.24, 2.45) is 0 Å². The number of hydrogen-bond acceptors (Lipinski definition) is 5. The molecule has 114 valence electrons. The zero-order chi connectivity index (χ0) is 15.9. The zero-order valence-electron chi connectivity index (χ0n) is 12.5. The van der Waals surface area contributed by atoms with Crippen molar-refractivity contribution >= 4 is 17.7 Å². The first-order chi connectivity index (χ1) is 11.1. The molecule has 1 aromatic carbocycles.